The molecule has 6 heteroatoms. The lowest BCUT2D eigenvalue weighted by molar-refractivity contribution is 0.240. The fourth-order valence-corrected chi connectivity index (χ4v) is 2.61. The zero-order valence-corrected chi connectivity index (χ0v) is 14.4. The Balaban J connectivity index is 1.43. The van der Waals surface area contributed by atoms with Crippen LogP contribution in [-0.2, 0) is 13.0 Å². The average molecular weight is 355 g/mol. The van der Waals surface area contributed by atoms with Crippen molar-refractivity contribution in [2.75, 3.05) is 6.54 Å². The van der Waals surface area contributed by atoms with Gasteiger partial charge in [0, 0.05) is 24.3 Å². The number of carbonyl (C=O) groups excluding carboxylic acids is 1. The minimum absolute atomic E-state index is 0.213. The van der Waals surface area contributed by atoms with Crippen molar-refractivity contribution < 1.29 is 4.79 Å². The molecule has 2 amide bonds. The van der Waals surface area contributed by atoms with Gasteiger partial charge < -0.3 is 10.6 Å². The van der Waals surface area contributed by atoms with Crippen molar-refractivity contribution in [3.8, 4) is 5.69 Å². The van der Waals surface area contributed by atoms with Crippen LogP contribution in [0.15, 0.2) is 67.0 Å². The Bertz CT molecular complexity index is 832. The van der Waals surface area contributed by atoms with Crippen LogP contribution >= 0.6 is 11.6 Å². The van der Waals surface area contributed by atoms with Crippen LogP contribution in [0, 0.1) is 0 Å². The van der Waals surface area contributed by atoms with Gasteiger partial charge in [0.15, 0.2) is 0 Å². The minimum atomic E-state index is -0.213. The molecule has 0 atom stereocenters. The molecule has 2 N–H and O–H groups in total. The predicted octanol–water partition coefficient (Wildman–Crippen LogP) is 3.57. The Labute approximate surface area is 151 Å². The van der Waals surface area contributed by atoms with Crippen molar-refractivity contribution in [3.05, 3.63) is 83.1 Å². The summed E-state index contributed by atoms with van der Waals surface area (Å²) in [7, 11) is 0. The van der Waals surface area contributed by atoms with Crippen LogP contribution in [0.5, 0.6) is 0 Å². The van der Waals surface area contributed by atoms with E-state index in [9.17, 15) is 4.79 Å². The molecule has 0 radical (unpaired) electrons. The average Bonchev–Trinajstić information content (AvgIpc) is 3.11. The lowest BCUT2D eigenvalue weighted by Gasteiger charge is -2.08. The van der Waals surface area contributed by atoms with E-state index in [4.69, 9.17) is 11.6 Å². The van der Waals surface area contributed by atoms with Crippen molar-refractivity contribution in [2.24, 2.45) is 0 Å². The second-order valence-electron chi connectivity index (χ2n) is 5.58. The smallest absolute Gasteiger partial charge is 0.315 e. The molecule has 3 rings (SSSR count). The standard InChI is InChI=1S/C19H19ClN4O/c20-18-9-5-4-6-16(18)13-22-19(25)21-11-10-15-12-23-24(14-15)17-7-2-1-3-8-17/h1-9,12,14H,10-11,13H2,(H2,21,22,25). The molecule has 0 aliphatic heterocycles. The van der Waals surface area contributed by atoms with Gasteiger partial charge in [-0.25, -0.2) is 9.48 Å². The number of hydrogen-bond donors (Lipinski definition) is 2. The van der Waals surface area contributed by atoms with E-state index in [0.717, 1.165) is 16.8 Å². The third kappa shape index (κ3) is 4.84. The summed E-state index contributed by atoms with van der Waals surface area (Å²) in [6.07, 6.45) is 4.50. The number of amides is 2. The maximum Gasteiger partial charge on any atom is 0.315 e. The summed E-state index contributed by atoms with van der Waals surface area (Å²) >= 11 is 6.06. The van der Waals surface area contributed by atoms with Gasteiger partial charge >= 0.3 is 6.03 Å². The molecule has 0 fully saturated rings. The van der Waals surface area contributed by atoms with Gasteiger partial charge in [0.25, 0.3) is 0 Å². The summed E-state index contributed by atoms with van der Waals surface area (Å²) in [5.74, 6) is 0. The summed E-state index contributed by atoms with van der Waals surface area (Å²) in [5.41, 5.74) is 2.97. The molecule has 2 aromatic carbocycles. The number of hydrogen-bond acceptors (Lipinski definition) is 2. The third-order valence-electron chi connectivity index (χ3n) is 3.75. The van der Waals surface area contributed by atoms with Gasteiger partial charge in [0.1, 0.15) is 0 Å². The number of para-hydroxylation sites is 1. The number of rotatable bonds is 6. The number of nitrogens with zero attached hydrogens (tertiary/aromatic N) is 2. The summed E-state index contributed by atoms with van der Waals surface area (Å²) < 4.78 is 1.83. The van der Waals surface area contributed by atoms with E-state index in [-0.39, 0.29) is 6.03 Å². The number of carbonyl (C=O) groups is 1. The predicted molar refractivity (Wildman–Crippen MR) is 99.0 cm³/mol. The largest absolute Gasteiger partial charge is 0.338 e. The van der Waals surface area contributed by atoms with Crippen LogP contribution in [-0.4, -0.2) is 22.4 Å². The maximum absolute atomic E-state index is 11.9. The van der Waals surface area contributed by atoms with Gasteiger partial charge in [-0.3, -0.25) is 0 Å². The first-order valence-electron chi connectivity index (χ1n) is 8.06. The highest BCUT2D eigenvalue weighted by molar-refractivity contribution is 6.31. The number of aromatic nitrogens is 2. The lowest BCUT2D eigenvalue weighted by atomic mass is 10.2. The highest BCUT2D eigenvalue weighted by atomic mass is 35.5. The monoisotopic (exact) mass is 354 g/mol. The molecule has 25 heavy (non-hydrogen) atoms. The number of urea groups is 1. The Kier molecular flexibility index (Phi) is 5.69. The van der Waals surface area contributed by atoms with E-state index in [1.807, 2.05) is 65.6 Å². The third-order valence-corrected chi connectivity index (χ3v) is 4.12. The van der Waals surface area contributed by atoms with Crippen molar-refractivity contribution in [1.29, 1.82) is 0 Å². The number of halogens is 1. The van der Waals surface area contributed by atoms with Gasteiger partial charge in [-0.1, -0.05) is 48.0 Å². The van der Waals surface area contributed by atoms with Crippen LogP contribution in [0.3, 0.4) is 0 Å². The Morgan fingerprint density at radius 3 is 2.60 bits per heavy atom. The highest BCUT2D eigenvalue weighted by Crippen LogP contribution is 2.14. The number of nitrogens with one attached hydrogen (secondary N) is 2. The van der Waals surface area contributed by atoms with Crippen LogP contribution in [0.1, 0.15) is 11.1 Å². The maximum atomic E-state index is 11.9. The molecule has 0 aliphatic rings. The van der Waals surface area contributed by atoms with Crippen molar-refractivity contribution in [2.45, 2.75) is 13.0 Å². The molecule has 0 saturated carbocycles. The molecular formula is C19H19ClN4O. The second-order valence-corrected chi connectivity index (χ2v) is 5.99. The second kappa shape index (κ2) is 8.35. The topological polar surface area (TPSA) is 59.0 Å². The fourth-order valence-electron chi connectivity index (χ4n) is 2.41. The molecule has 1 heterocycles. The van der Waals surface area contributed by atoms with Gasteiger partial charge in [0.2, 0.25) is 0 Å². The van der Waals surface area contributed by atoms with Gasteiger partial charge in [-0.05, 0) is 35.7 Å². The first kappa shape index (κ1) is 17.0. The minimum Gasteiger partial charge on any atom is -0.338 e. The molecule has 1 aromatic heterocycles. The fraction of sp³-hybridized carbons (Fsp3) is 0.158. The van der Waals surface area contributed by atoms with Crippen LogP contribution in [0.25, 0.3) is 5.69 Å². The zero-order chi connectivity index (χ0) is 17.5. The van der Waals surface area contributed by atoms with E-state index in [1.54, 1.807) is 6.07 Å². The summed E-state index contributed by atoms with van der Waals surface area (Å²) in [4.78, 5) is 11.9. The van der Waals surface area contributed by atoms with E-state index >= 15 is 0 Å². The summed E-state index contributed by atoms with van der Waals surface area (Å²) in [6, 6.07) is 17.2. The first-order valence-corrected chi connectivity index (χ1v) is 8.44. The molecule has 0 aliphatic carbocycles. The van der Waals surface area contributed by atoms with E-state index in [2.05, 4.69) is 15.7 Å². The molecule has 0 saturated heterocycles. The van der Waals surface area contributed by atoms with E-state index in [1.165, 1.54) is 0 Å². The molecule has 3 aromatic rings. The van der Waals surface area contributed by atoms with Gasteiger partial charge in [-0.15, -0.1) is 0 Å². The molecule has 5 nitrogen and oxygen atoms in total. The van der Waals surface area contributed by atoms with Crippen LogP contribution in [0.4, 0.5) is 4.79 Å². The van der Waals surface area contributed by atoms with E-state index < -0.39 is 0 Å². The first-order chi connectivity index (χ1) is 12.2. The normalized spacial score (nSPS) is 10.4. The quantitative estimate of drug-likeness (QED) is 0.711. The SMILES string of the molecule is O=C(NCCc1cnn(-c2ccccc2)c1)NCc1ccccc1Cl. The molecular weight excluding hydrogens is 336 g/mol. The lowest BCUT2D eigenvalue weighted by Crippen LogP contribution is -2.36. The van der Waals surface area contributed by atoms with Gasteiger partial charge in [0.05, 0.1) is 11.9 Å². The van der Waals surface area contributed by atoms with Crippen molar-refractivity contribution >= 4 is 17.6 Å². The highest BCUT2D eigenvalue weighted by Gasteiger charge is 2.04. The Morgan fingerprint density at radius 1 is 1.04 bits per heavy atom. The zero-order valence-electron chi connectivity index (χ0n) is 13.7. The van der Waals surface area contributed by atoms with Crippen LogP contribution in [0.2, 0.25) is 5.02 Å². The summed E-state index contributed by atoms with van der Waals surface area (Å²) in [6.45, 7) is 0.937. The Hall–Kier alpha value is -2.79. The van der Waals surface area contributed by atoms with Crippen LogP contribution < -0.4 is 10.6 Å². The number of benzene rings is 2. The Morgan fingerprint density at radius 2 is 1.80 bits per heavy atom. The van der Waals surface area contributed by atoms with Crippen molar-refractivity contribution in [3.63, 3.8) is 0 Å². The van der Waals surface area contributed by atoms with Gasteiger partial charge in [-0.2, -0.15) is 5.10 Å². The molecule has 0 unspecified atom stereocenters. The van der Waals surface area contributed by atoms with E-state index in [0.29, 0.717) is 24.5 Å². The molecule has 0 bridgehead atoms. The molecule has 128 valence electrons. The molecule has 0 spiro atoms. The summed E-state index contributed by atoms with van der Waals surface area (Å²) in [5, 5.41) is 10.6. The van der Waals surface area contributed by atoms with Crippen molar-refractivity contribution in [1.82, 2.24) is 20.4 Å².